The number of carbonyl (C=O) groups is 1. The molecule has 0 radical (unpaired) electrons. The van der Waals surface area contributed by atoms with E-state index in [0.29, 0.717) is 38.0 Å². The first-order valence-corrected chi connectivity index (χ1v) is 15.2. The van der Waals surface area contributed by atoms with Crippen LogP contribution in [0.25, 0.3) is 0 Å². The van der Waals surface area contributed by atoms with E-state index in [0.717, 1.165) is 43.0 Å². The molecule has 0 N–H and O–H groups in total. The van der Waals surface area contributed by atoms with Gasteiger partial charge >= 0.3 is 6.18 Å². The predicted molar refractivity (Wildman–Crippen MR) is 142 cm³/mol. The molecule has 1 aromatic heterocycles. The first-order chi connectivity index (χ1) is 18.6. The van der Waals surface area contributed by atoms with Crippen molar-refractivity contribution in [2.45, 2.75) is 76.7 Å². The van der Waals surface area contributed by atoms with Crippen LogP contribution < -0.4 is 10.2 Å². The molecule has 3 heterocycles. The first-order valence-electron chi connectivity index (χ1n) is 13.3. The van der Waals surface area contributed by atoms with Crippen LogP contribution in [-0.4, -0.2) is 66.2 Å². The largest absolute Gasteiger partial charge is 0.491 e. The normalized spacial score (nSPS) is 21.4. The number of alkyl halides is 3. The third-order valence-corrected chi connectivity index (χ3v) is 8.68. The van der Waals surface area contributed by atoms with Crippen molar-refractivity contribution in [2.24, 2.45) is 12.0 Å². The molecule has 0 unspecified atom stereocenters. The van der Waals surface area contributed by atoms with Crippen molar-refractivity contribution in [1.29, 1.82) is 0 Å². The van der Waals surface area contributed by atoms with Crippen molar-refractivity contribution in [1.82, 2.24) is 13.7 Å². The summed E-state index contributed by atoms with van der Waals surface area (Å²) in [7, 11) is -1.62. The minimum Gasteiger partial charge on any atom is -0.491 e. The fourth-order valence-corrected chi connectivity index (χ4v) is 6.49. The number of ether oxygens (including phenoxy) is 2. The Labute approximate surface area is 232 Å². The molecule has 1 amide bonds. The van der Waals surface area contributed by atoms with Gasteiger partial charge in [-0.1, -0.05) is 20.8 Å². The molecule has 2 fully saturated rings. The zero-order valence-corrected chi connectivity index (χ0v) is 24.3. The van der Waals surface area contributed by atoms with Crippen LogP contribution >= 0.6 is 0 Å². The van der Waals surface area contributed by atoms with E-state index in [1.807, 2.05) is 37.2 Å². The quantitative estimate of drug-likeness (QED) is 0.491. The molecule has 9 nitrogen and oxygen atoms in total. The number of sulfonamides is 1. The number of hydrogen-bond acceptors (Lipinski definition) is 5. The van der Waals surface area contributed by atoms with Crippen LogP contribution in [0.2, 0.25) is 0 Å². The zero-order valence-electron chi connectivity index (χ0n) is 23.5. The Bertz CT molecular complexity index is 1420. The molecule has 40 heavy (non-hydrogen) atoms. The van der Waals surface area contributed by atoms with Gasteiger partial charge in [0.25, 0.3) is 5.91 Å². The van der Waals surface area contributed by atoms with Crippen molar-refractivity contribution in [3.05, 3.63) is 46.6 Å². The maximum Gasteiger partial charge on any atom is 0.416 e. The Morgan fingerprint density at radius 1 is 1.15 bits per heavy atom. The number of nitrogens with zero attached hydrogens (tertiary/aromatic N) is 4. The van der Waals surface area contributed by atoms with Gasteiger partial charge in [-0.15, -0.1) is 0 Å². The van der Waals surface area contributed by atoms with Gasteiger partial charge in [-0.05, 0) is 43.9 Å². The highest BCUT2D eigenvalue weighted by Gasteiger charge is 2.34. The van der Waals surface area contributed by atoms with Crippen LogP contribution in [0.5, 0.6) is 5.75 Å². The average molecular weight is 587 g/mol. The standard InChI is InChI=1S/C27H37F3N4O5S/c1-26(2,3)23-15-24(33(32(23)4)16-20-9-7-13-38-20)31-25(35)21-14-18(27(28,29)30)10-11-22(21)39-17-19-8-6-12-34(19)40(5,36)37/h10-11,14-15,19-20H,6-9,12-13,16-17H2,1-5H3/t19-,20+/m0/s1. The van der Waals surface area contributed by atoms with Crippen molar-refractivity contribution in [3.63, 3.8) is 0 Å². The minimum absolute atomic E-state index is 0.0628. The van der Waals surface area contributed by atoms with E-state index in [1.165, 1.54) is 4.31 Å². The minimum atomic E-state index is -4.68. The second-order valence-electron chi connectivity index (χ2n) is 11.5. The van der Waals surface area contributed by atoms with Crippen LogP contribution in [0.3, 0.4) is 0 Å². The average Bonchev–Trinajstić information content (AvgIpc) is 3.59. The van der Waals surface area contributed by atoms with Crippen molar-refractivity contribution < 1.29 is 35.9 Å². The maximum absolute atomic E-state index is 13.6. The SMILES string of the molecule is Cn1c(C(C)(C)C)cc(=NC(=O)c2cc(C(F)(F)F)ccc2OC[C@@H]2CCCN2S(C)(=O)=O)n1C[C@H]1CCCO1. The van der Waals surface area contributed by atoms with Crippen LogP contribution in [-0.2, 0) is 39.9 Å². The van der Waals surface area contributed by atoms with Gasteiger partial charge in [0.05, 0.1) is 36.1 Å². The molecule has 4 rings (SSSR count). The van der Waals surface area contributed by atoms with Crippen LogP contribution in [0.1, 0.15) is 68.1 Å². The number of hydrogen-bond donors (Lipinski definition) is 0. The molecule has 2 saturated heterocycles. The Kier molecular flexibility index (Phi) is 8.58. The van der Waals surface area contributed by atoms with Crippen LogP contribution in [0.15, 0.2) is 29.3 Å². The summed E-state index contributed by atoms with van der Waals surface area (Å²) in [5.74, 6) is -0.973. The van der Waals surface area contributed by atoms with Crippen molar-refractivity contribution in [3.8, 4) is 5.75 Å². The molecule has 0 spiro atoms. The molecule has 2 aliphatic rings. The lowest BCUT2D eigenvalue weighted by molar-refractivity contribution is -0.137. The Hall–Kier alpha value is -2.64. The second-order valence-corrected chi connectivity index (χ2v) is 13.4. The number of halogens is 3. The van der Waals surface area contributed by atoms with Gasteiger partial charge in [-0.2, -0.15) is 22.5 Å². The highest BCUT2D eigenvalue weighted by Crippen LogP contribution is 2.33. The molecule has 2 aromatic rings. The van der Waals surface area contributed by atoms with E-state index in [4.69, 9.17) is 9.47 Å². The Balaban J connectivity index is 1.73. The first kappa shape index (κ1) is 30.3. The topological polar surface area (TPSA) is 95.1 Å². The van der Waals surface area contributed by atoms with Crippen LogP contribution in [0.4, 0.5) is 13.2 Å². The fraction of sp³-hybridized carbons (Fsp3) is 0.630. The summed E-state index contributed by atoms with van der Waals surface area (Å²) in [6.45, 7) is 7.39. The van der Waals surface area contributed by atoms with E-state index in [1.54, 1.807) is 6.07 Å². The Morgan fingerprint density at radius 2 is 1.88 bits per heavy atom. The molecule has 2 atom stereocenters. The maximum atomic E-state index is 13.6. The highest BCUT2D eigenvalue weighted by atomic mass is 32.2. The van der Waals surface area contributed by atoms with Crippen LogP contribution in [0, 0.1) is 0 Å². The van der Waals surface area contributed by atoms with E-state index in [2.05, 4.69) is 4.99 Å². The van der Waals surface area contributed by atoms with E-state index >= 15 is 0 Å². The fourth-order valence-electron chi connectivity index (χ4n) is 5.33. The molecular weight excluding hydrogens is 549 g/mol. The number of carbonyl (C=O) groups excluding carboxylic acids is 1. The second kappa shape index (κ2) is 11.3. The number of amides is 1. The summed E-state index contributed by atoms with van der Waals surface area (Å²) >= 11 is 0. The summed E-state index contributed by atoms with van der Waals surface area (Å²) in [6, 6.07) is 3.96. The lowest BCUT2D eigenvalue weighted by Crippen LogP contribution is -2.38. The van der Waals surface area contributed by atoms with Gasteiger partial charge in [0.1, 0.15) is 12.4 Å². The molecule has 2 aliphatic heterocycles. The molecule has 1 aromatic carbocycles. The molecule has 0 aliphatic carbocycles. The number of aromatic nitrogens is 2. The smallest absolute Gasteiger partial charge is 0.416 e. The molecule has 0 bridgehead atoms. The molecule has 13 heteroatoms. The zero-order chi connectivity index (χ0) is 29.5. The Morgan fingerprint density at radius 3 is 2.48 bits per heavy atom. The van der Waals surface area contributed by atoms with Gasteiger partial charge in [0, 0.05) is 37.4 Å². The third-order valence-electron chi connectivity index (χ3n) is 7.34. The van der Waals surface area contributed by atoms with Crippen molar-refractivity contribution in [2.75, 3.05) is 26.0 Å². The summed E-state index contributed by atoms with van der Waals surface area (Å²) in [4.78, 5) is 17.8. The molecule has 0 saturated carbocycles. The van der Waals surface area contributed by atoms with Gasteiger partial charge in [0.15, 0.2) is 5.49 Å². The van der Waals surface area contributed by atoms with Gasteiger partial charge in [-0.3, -0.25) is 14.2 Å². The van der Waals surface area contributed by atoms with Gasteiger partial charge in [0.2, 0.25) is 10.0 Å². The third kappa shape index (κ3) is 6.80. The molecule has 222 valence electrons. The lowest BCUT2D eigenvalue weighted by Gasteiger charge is -2.23. The summed E-state index contributed by atoms with van der Waals surface area (Å²) in [5, 5.41) is 0. The number of rotatable bonds is 7. The van der Waals surface area contributed by atoms with Gasteiger partial charge in [-0.25, -0.2) is 8.42 Å². The lowest BCUT2D eigenvalue weighted by atomic mass is 9.92. The van der Waals surface area contributed by atoms with E-state index in [9.17, 15) is 26.4 Å². The summed E-state index contributed by atoms with van der Waals surface area (Å²) in [6.07, 6.45) is -0.669. The van der Waals surface area contributed by atoms with E-state index < -0.39 is 33.7 Å². The summed E-state index contributed by atoms with van der Waals surface area (Å²) in [5.41, 5.74) is -0.451. The molecular formula is C27H37F3N4O5S. The monoisotopic (exact) mass is 586 g/mol. The van der Waals surface area contributed by atoms with Crippen molar-refractivity contribution >= 4 is 15.9 Å². The predicted octanol–water partition coefficient (Wildman–Crippen LogP) is 3.87. The van der Waals surface area contributed by atoms with E-state index in [-0.39, 0.29) is 29.4 Å². The highest BCUT2D eigenvalue weighted by molar-refractivity contribution is 7.88. The van der Waals surface area contributed by atoms with Gasteiger partial charge < -0.3 is 9.47 Å². The summed E-state index contributed by atoms with van der Waals surface area (Å²) < 4.78 is 81.6. The number of benzene rings is 1.